The Morgan fingerprint density at radius 3 is 2.70 bits per heavy atom. The Labute approximate surface area is 141 Å². The zero-order valence-corrected chi connectivity index (χ0v) is 13.9. The number of hydrogen-bond donors (Lipinski definition) is 0. The third kappa shape index (κ3) is 3.92. The van der Waals surface area contributed by atoms with Crippen LogP contribution in [0.3, 0.4) is 0 Å². The van der Waals surface area contributed by atoms with Crippen molar-refractivity contribution in [3.8, 4) is 0 Å². The van der Waals surface area contributed by atoms with E-state index in [1.807, 2.05) is 29.2 Å². The van der Waals surface area contributed by atoms with E-state index in [1.165, 1.54) is 5.56 Å². The van der Waals surface area contributed by atoms with Crippen LogP contribution in [-0.4, -0.2) is 30.5 Å². The molecule has 1 atom stereocenters. The second-order valence-electron chi connectivity index (χ2n) is 5.88. The summed E-state index contributed by atoms with van der Waals surface area (Å²) in [7, 11) is 0. The normalized spacial score (nSPS) is 18.0. The summed E-state index contributed by atoms with van der Waals surface area (Å²) in [5.41, 5.74) is 3.21. The van der Waals surface area contributed by atoms with Crippen molar-refractivity contribution in [1.29, 1.82) is 0 Å². The van der Waals surface area contributed by atoms with Gasteiger partial charge in [-0.25, -0.2) is 0 Å². The van der Waals surface area contributed by atoms with E-state index in [-0.39, 0.29) is 12.0 Å². The van der Waals surface area contributed by atoms with E-state index in [2.05, 4.69) is 31.2 Å². The van der Waals surface area contributed by atoms with Gasteiger partial charge >= 0.3 is 0 Å². The van der Waals surface area contributed by atoms with Gasteiger partial charge in [-0.05, 0) is 24.1 Å². The summed E-state index contributed by atoms with van der Waals surface area (Å²) in [6, 6.07) is 15.8. The molecule has 1 fully saturated rings. The number of halogens is 1. The number of rotatable bonds is 3. The van der Waals surface area contributed by atoms with E-state index >= 15 is 0 Å². The minimum atomic E-state index is -0.0560. The van der Waals surface area contributed by atoms with Crippen LogP contribution in [0.15, 0.2) is 48.5 Å². The number of morpholine rings is 1. The molecule has 1 heterocycles. The van der Waals surface area contributed by atoms with Gasteiger partial charge in [-0.3, -0.25) is 4.79 Å². The predicted octanol–water partition coefficient (Wildman–Crippen LogP) is 3.79. The lowest BCUT2D eigenvalue weighted by Gasteiger charge is -2.33. The molecule has 1 saturated heterocycles. The molecule has 3 rings (SSSR count). The highest BCUT2D eigenvalue weighted by atomic mass is 35.5. The average molecular weight is 330 g/mol. The lowest BCUT2D eigenvalue weighted by Crippen LogP contribution is -2.43. The van der Waals surface area contributed by atoms with Gasteiger partial charge in [0.05, 0.1) is 19.6 Å². The molecule has 0 aromatic heterocycles. The Morgan fingerprint density at radius 1 is 1.22 bits per heavy atom. The molecule has 0 bridgehead atoms. The quantitative estimate of drug-likeness (QED) is 0.857. The van der Waals surface area contributed by atoms with Gasteiger partial charge in [0, 0.05) is 11.6 Å². The van der Waals surface area contributed by atoms with Crippen molar-refractivity contribution in [1.82, 2.24) is 4.90 Å². The summed E-state index contributed by atoms with van der Waals surface area (Å²) >= 11 is 6.15. The maximum absolute atomic E-state index is 12.6. The van der Waals surface area contributed by atoms with Crippen molar-refractivity contribution in [2.24, 2.45) is 0 Å². The summed E-state index contributed by atoms with van der Waals surface area (Å²) in [6.07, 6.45) is 0.278. The molecule has 1 aliphatic rings. The second kappa shape index (κ2) is 7.16. The molecule has 1 aliphatic heterocycles. The number of carbonyl (C=O) groups excluding carboxylic acids is 1. The zero-order valence-electron chi connectivity index (χ0n) is 13.2. The molecular weight excluding hydrogens is 310 g/mol. The first-order chi connectivity index (χ1) is 11.1. The van der Waals surface area contributed by atoms with Crippen LogP contribution in [0.2, 0.25) is 5.02 Å². The van der Waals surface area contributed by atoms with Gasteiger partial charge in [-0.1, -0.05) is 59.6 Å². The van der Waals surface area contributed by atoms with Crippen LogP contribution in [0.1, 0.15) is 22.8 Å². The SMILES string of the molecule is Cc1ccc(C2CN(C(=O)Cc3ccccc3Cl)CCO2)cc1. The fraction of sp³-hybridized carbons (Fsp3) is 0.316. The fourth-order valence-corrected chi connectivity index (χ4v) is 2.98. The van der Waals surface area contributed by atoms with Crippen LogP contribution in [0.5, 0.6) is 0 Å². The Bertz CT molecular complexity index is 684. The molecule has 0 N–H and O–H groups in total. The molecule has 3 nitrogen and oxygen atoms in total. The molecule has 2 aromatic carbocycles. The first-order valence-electron chi connectivity index (χ1n) is 7.83. The summed E-state index contributed by atoms with van der Waals surface area (Å²) in [5.74, 6) is 0.0958. The summed E-state index contributed by atoms with van der Waals surface area (Å²) < 4.78 is 5.84. The van der Waals surface area contributed by atoms with Gasteiger partial charge in [0.15, 0.2) is 0 Å². The van der Waals surface area contributed by atoms with E-state index in [4.69, 9.17) is 16.3 Å². The molecule has 1 amide bonds. The molecule has 0 radical (unpaired) electrons. The van der Waals surface area contributed by atoms with Crippen LogP contribution >= 0.6 is 11.6 Å². The zero-order chi connectivity index (χ0) is 16.2. The number of benzene rings is 2. The maximum atomic E-state index is 12.6. The number of nitrogens with zero attached hydrogens (tertiary/aromatic N) is 1. The van der Waals surface area contributed by atoms with Crippen LogP contribution in [0.4, 0.5) is 0 Å². The van der Waals surface area contributed by atoms with Gasteiger partial charge in [0.25, 0.3) is 0 Å². The lowest BCUT2D eigenvalue weighted by molar-refractivity contribution is -0.138. The highest BCUT2D eigenvalue weighted by molar-refractivity contribution is 6.31. The number of carbonyl (C=O) groups is 1. The largest absolute Gasteiger partial charge is 0.370 e. The van der Waals surface area contributed by atoms with Gasteiger partial charge in [0.1, 0.15) is 6.10 Å². The fourth-order valence-electron chi connectivity index (χ4n) is 2.78. The van der Waals surface area contributed by atoms with Crippen molar-refractivity contribution in [3.05, 3.63) is 70.2 Å². The Morgan fingerprint density at radius 2 is 1.96 bits per heavy atom. The van der Waals surface area contributed by atoms with Crippen LogP contribution in [0.25, 0.3) is 0 Å². The Kier molecular flexibility index (Phi) is 4.99. The first-order valence-corrected chi connectivity index (χ1v) is 8.20. The summed E-state index contributed by atoms with van der Waals surface area (Å²) in [4.78, 5) is 14.4. The monoisotopic (exact) mass is 329 g/mol. The third-order valence-electron chi connectivity index (χ3n) is 4.17. The van der Waals surface area contributed by atoms with Crippen LogP contribution in [0, 0.1) is 6.92 Å². The molecular formula is C19H20ClNO2. The molecule has 0 aliphatic carbocycles. The van der Waals surface area contributed by atoms with Gasteiger partial charge in [0.2, 0.25) is 5.91 Å². The topological polar surface area (TPSA) is 29.5 Å². The highest BCUT2D eigenvalue weighted by Crippen LogP contribution is 2.24. The Balaban J connectivity index is 1.67. The maximum Gasteiger partial charge on any atom is 0.227 e. The minimum absolute atomic E-state index is 0.0560. The van der Waals surface area contributed by atoms with E-state index < -0.39 is 0 Å². The number of amides is 1. The van der Waals surface area contributed by atoms with Gasteiger partial charge in [-0.2, -0.15) is 0 Å². The van der Waals surface area contributed by atoms with Crippen molar-refractivity contribution in [3.63, 3.8) is 0 Å². The van der Waals surface area contributed by atoms with Crippen LogP contribution < -0.4 is 0 Å². The van der Waals surface area contributed by atoms with Crippen LogP contribution in [-0.2, 0) is 16.0 Å². The van der Waals surface area contributed by atoms with Gasteiger partial charge < -0.3 is 9.64 Å². The van der Waals surface area contributed by atoms with Crippen molar-refractivity contribution in [2.45, 2.75) is 19.4 Å². The number of ether oxygens (including phenoxy) is 1. The Hall–Kier alpha value is -1.84. The molecule has 1 unspecified atom stereocenters. The molecule has 120 valence electrons. The van der Waals surface area contributed by atoms with Crippen molar-refractivity contribution in [2.75, 3.05) is 19.7 Å². The smallest absolute Gasteiger partial charge is 0.227 e. The third-order valence-corrected chi connectivity index (χ3v) is 4.54. The van der Waals surface area contributed by atoms with E-state index in [0.717, 1.165) is 11.1 Å². The van der Waals surface area contributed by atoms with E-state index in [0.29, 0.717) is 31.1 Å². The predicted molar refractivity (Wildman–Crippen MR) is 91.6 cm³/mol. The molecule has 0 saturated carbocycles. The van der Waals surface area contributed by atoms with E-state index in [1.54, 1.807) is 0 Å². The number of hydrogen-bond acceptors (Lipinski definition) is 2. The molecule has 23 heavy (non-hydrogen) atoms. The van der Waals surface area contributed by atoms with Crippen molar-refractivity contribution >= 4 is 17.5 Å². The molecule has 2 aromatic rings. The lowest BCUT2D eigenvalue weighted by atomic mass is 10.1. The molecule has 0 spiro atoms. The minimum Gasteiger partial charge on any atom is -0.370 e. The van der Waals surface area contributed by atoms with Gasteiger partial charge in [-0.15, -0.1) is 0 Å². The highest BCUT2D eigenvalue weighted by Gasteiger charge is 2.25. The second-order valence-corrected chi connectivity index (χ2v) is 6.29. The first kappa shape index (κ1) is 16.0. The van der Waals surface area contributed by atoms with E-state index in [9.17, 15) is 4.79 Å². The van der Waals surface area contributed by atoms with Crippen molar-refractivity contribution < 1.29 is 9.53 Å². The molecule has 4 heteroatoms. The summed E-state index contributed by atoms with van der Waals surface area (Å²) in [5, 5.41) is 0.643. The average Bonchev–Trinajstić information content (AvgIpc) is 2.58. The summed E-state index contributed by atoms with van der Waals surface area (Å²) in [6.45, 7) is 3.84. The number of aryl methyl sites for hydroxylation is 1. The standard InChI is InChI=1S/C19H20ClNO2/c1-14-6-8-15(9-7-14)18-13-21(10-11-23-18)19(22)12-16-4-2-3-5-17(16)20/h2-9,18H,10-13H2,1H3.